The molecule has 1 heterocycles. The fourth-order valence-electron chi connectivity index (χ4n) is 1.55. The van der Waals surface area contributed by atoms with Gasteiger partial charge in [0.25, 0.3) is 6.54 Å². The number of nitro groups is 1. The van der Waals surface area contributed by atoms with Crippen LogP contribution in [-0.2, 0) is 6.54 Å². The number of rotatable bonds is 5. The minimum atomic E-state index is -0.377. The summed E-state index contributed by atoms with van der Waals surface area (Å²) in [7, 11) is 3.36. The van der Waals surface area contributed by atoms with E-state index in [1.165, 1.54) is 0 Å². The second kappa shape index (κ2) is 6.95. The van der Waals surface area contributed by atoms with Crippen LogP contribution in [0, 0.1) is 10.1 Å². The summed E-state index contributed by atoms with van der Waals surface area (Å²) in [5.74, 6) is 0.455. The van der Waals surface area contributed by atoms with Gasteiger partial charge in [-0.15, -0.1) is 11.8 Å². The third-order valence-electron chi connectivity index (χ3n) is 2.42. The highest BCUT2D eigenvalue weighted by atomic mass is 32.2. The molecule has 1 rings (SSSR count). The number of thioether (sulfide) groups is 1. The van der Waals surface area contributed by atoms with Gasteiger partial charge in [-0.25, -0.2) is 4.98 Å². The predicted octanol–water partition coefficient (Wildman–Crippen LogP) is 1.54. The lowest BCUT2D eigenvalue weighted by Crippen LogP contribution is -2.32. The normalized spacial score (nSPS) is 11.4. The second-order valence-corrected chi connectivity index (χ2v) is 4.45. The molecule has 0 amide bonds. The summed E-state index contributed by atoms with van der Waals surface area (Å²) >= 11 is 1.56. The molecule has 1 aromatic rings. The van der Waals surface area contributed by atoms with E-state index in [2.05, 4.69) is 9.98 Å². The molecule has 0 fully saturated rings. The number of aliphatic imine (C=N–C) groups is 1. The monoisotopic (exact) mass is 268 g/mol. The van der Waals surface area contributed by atoms with Crippen molar-refractivity contribution in [1.29, 1.82) is 0 Å². The zero-order valence-corrected chi connectivity index (χ0v) is 11.5. The van der Waals surface area contributed by atoms with E-state index in [1.54, 1.807) is 37.0 Å². The summed E-state index contributed by atoms with van der Waals surface area (Å²) in [6.45, 7) is 0.298. The van der Waals surface area contributed by atoms with E-state index < -0.39 is 0 Å². The second-order valence-electron chi connectivity index (χ2n) is 3.66. The molecule has 0 N–H and O–H groups in total. The van der Waals surface area contributed by atoms with Crippen molar-refractivity contribution in [3.05, 3.63) is 34.0 Å². The third kappa shape index (κ3) is 3.99. The highest BCUT2D eigenvalue weighted by Gasteiger charge is 2.14. The van der Waals surface area contributed by atoms with E-state index in [1.807, 2.05) is 18.4 Å². The lowest BCUT2D eigenvalue weighted by molar-refractivity contribution is -0.464. The van der Waals surface area contributed by atoms with Crippen molar-refractivity contribution < 1.29 is 4.92 Å². The van der Waals surface area contributed by atoms with Crippen molar-refractivity contribution in [1.82, 2.24) is 9.88 Å². The molecule has 1 aromatic heterocycles. The smallest absolute Gasteiger partial charge is 0.260 e. The Labute approximate surface area is 110 Å². The number of pyridine rings is 1. The molecule has 7 heteroatoms. The molecule has 0 aromatic carbocycles. The predicted molar refractivity (Wildman–Crippen MR) is 72.7 cm³/mol. The zero-order valence-electron chi connectivity index (χ0n) is 10.7. The zero-order chi connectivity index (χ0) is 13.5. The van der Waals surface area contributed by atoms with Crippen LogP contribution < -0.4 is 0 Å². The van der Waals surface area contributed by atoms with E-state index in [9.17, 15) is 10.1 Å². The van der Waals surface area contributed by atoms with Gasteiger partial charge in [0, 0.05) is 37.3 Å². The molecule has 0 aliphatic carbocycles. The van der Waals surface area contributed by atoms with Crippen LogP contribution >= 0.6 is 11.8 Å². The lowest BCUT2D eigenvalue weighted by Gasteiger charge is -2.19. The van der Waals surface area contributed by atoms with Crippen LogP contribution in [0.25, 0.3) is 0 Å². The molecule has 0 spiro atoms. The van der Waals surface area contributed by atoms with Crippen LogP contribution in [0.5, 0.6) is 0 Å². The molecule has 0 saturated carbocycles. The Morgan fingerprint density at radius 3 is 2.94 bits per heavy atom. The summed E-state index contributed by atoms with van der Waals surface area (Å²) in [5.41, 5.74) is 1.04. The molecule has 18 heavy (non-hydrogen) atoms. The average Bonchev–Trinajstić information content (AvgIpc) is 2.36. The van der Waals surface area contributed by atoms with Gasteiger partial charge in [-0.05, 0) is 12.3 Å². The Morgan fingerprint density at radius 2 is 2.39 bits per heavy atom. The highest BCUT2D eigenvalue weighted by molar-refractivity contribution is 7.98. The first-order valence-corrected chi connectivity index (χ1v) is 6.57. The molecular formula is C11H16N4O2S. The molecule has 0 radical (unpaired) electrons. The first-order valence-electron chi connectivity index (χ1n) is 5.35. The number of hydrogen-bond acceptors (Lipinski definition) is 5. The van der Waals surface area contributed by atoms with Gasteiger partial charge in [0.15, 0.2) is 5.84 Å². The average molecular weight is 268 g/mol. The van der Waals surface area contributed by atoms with Crippen molar-refractivity contribution >= 4 is 17.6 Å². The minimum Gasteiger partial charge on any atom is -0.354 e. The van der Waals surface area contributed by atoms with Crippen molar-refractivity contribution in [2.45, 2.75) is 11.6 Å². The first kappa shape index (κ1) is 14.4. The third-order valence-corrected chi connectivity index (χ3v) is 3.17. The van der Waals surface area contributed by atoms with Gasteiger partial charge in [-0.1, -0.05) is 6.07 Å². The van der Waals surface area contributed by atoms with Crippen LogP contribution in [0.3, 0.4) is 0 Å². The number of likely N-dealkylation sites (N-methyl/N-ethyl adjacent to an activating group) is 1. The maximum atomic E-state index is 10.5. The quantitative estimate of drug-likeness (QED) is 0.266. The standard InChI is InChI=1S/C11H16N4O2S/c1-12-10(8-15(16)17)14(2)7-9-5-4-6-13-11(9)18-3/h4-6H,7-8H2,1-3H3. The van der Waals surface area contributed by atoms with E-state index >= 15 is 0 Å². The van der Waals surface area contributed by atoms with Gasteiger partial charge >= 0.3 is 0 Å². The van der Waals surface area contributed by atoms with Crippen LogP contribution in [0.15, 0.2) is 28.3 Å². The molecule has 0 aliphatic rings. The fraction of sp³-hybridized carbons (Fsp3) is 0.455. The maximum Gasteiger partial charge on any atom is 0.260 e. The summed E-state index contributed by atoms with van der Waals surface area (Å²) in [6.07, 6.45) is 3.69. The van der Waals surface area contributed by atoms with Crippen molar-refractivity contribution in [2.24, 2.45) is 4.99 Å². The van der Waals surface area contributed by atoms with Crippen molar-refractivity contribution in [2.75, 3.05) is 26.9 Å². The Morgan fingerprint density at radius 1 is 1.67 bits per heavy atom. The molecule has 0 unspecified atom stereocenters. The van der Waals surface area contributed by atoms with Crippen molar-refractivity contribution in [3.8, 4) is 0 Å². The largest absolute Gasteiger partial charge is 0.354 e. The first-order chi connectivity index (χ1) is 8.58. The molecular weight excluding hydrogens is 252 g/mol. The topological polar surface area (TPSA) is 71.6 Å². The van der Waals surface area contributed by atoms with Crippen LogP contribution in [0.1, 0.15) is 5.56 Å². The number of hydrogen-bond donors (Lipinski definition) is 0. The van der Waals surface area contributed by atoms with Crippen LogP contribution in [0.2, 0.25) is 0 Å². The summed E-state index contributed by atoms with van der Waals surface area (Å²) in [6, 6.07) is 3.83. The van der Waals surface area contributed by atoms with E-state index in [0.717, 1.165) is 10.6 Å². The molecule has 0 bridgehead atoms. The van der Waals surface area contributed by atoms with Crippen molar-refractivity contribution in [3.63, 3.8) is 0 Å². The Bertz CT molecular complexity index is 450. The Kier molecular flexibility index (Phi) is 5.57. The summed E-state index contributed by atoms with van der Waals surface area (Å²) in [4.78, 5) is 20.1. The van der Waals surface area contributed by atoms with Gasteiger partial charge in [0.05, 0.1) is 0 Å². The number of nitrogens with zero attached hydrogens (tertiary/aromatic N) is 4. The van der Waals surface area contributed by atoms with E-state index in [-0.39, 0.29) is 11.5 Å². The fourth-order valence-corrected chi connectivity index (χ4v) is 2.11. The minimum absolute atomic E-state index is 0.262. The molecule has 0 aliphatic heterocycles. The maximum absolute atomic E-state index is 10.5. The molecule has 98 valence electrons. The van der Waals surface area contributed by atoms with Gasteiger partial charge in [-0.2, -0.15) is 0 Å². The Balaban J connectivity index is 2.80. The van der Waals surface area contributed by atoms with E-state index in [0.29, 0.717) is 12.4 Å². The molecule has 6 nitrogen and oxygen atoms in total. The van der Waals surface area contributed by atoms with Crippen LogP contribution in [0.4, 0.5) is 0 Å². The molecule has 0 saturated heterocycles. The van der Waals surface area contributed by atoms with Crippen LogP contribution in [-0.4, -0.2) is 47.5 Å². The van der Waals surface area contributed by atoms with E-state index in [4.69, 9.17) is 0 Å². The lowest BCUT2D eigenvalue weighted by atomic mass is 10.2. The SMILES string of the molecule is CN=C(C[N+](=O)[O-])N(C)Cc1cccnc1SC. The van der Waals surface area contributed by atoms with Gasteiger partial charge < -0.3 is 4.90 Å². The summed E-state index contributed by atoms with van der Waals surface area (Å²) in [5, 5.41) is 11.5. The summed E-state index contributed by atoms with van der Waals surface area (Å²) < 4.78 is 0. The molecule has 0 atom stereocenters. The van der Waals surface area contributed by atoms with Gasteiger partial charge in [0.2, 0.25) is 0 Å². The number of aromatic nitrogens is 1. The Hall–Kier alpha value is -1.63. The van der Waals surface area contributed by atoms with Gasteiger partial charge in [0.1, 0.15) is 5.03 Å². The van der Waals surface area contributed by atoms with Gasteiger partial charge in [-0.3, -0.25) is 15.1 Å². The highest BCUT2D eigenvalue weighted by Crippen LogP contribution is 2.18. The number of amidine groups is 1.